The summed E-state index contributed by atoms with van der Waals surface area (Å²) in [5.74, 6) is -2.22. The van der Waals surface area contributed by atoms with Crippen molar-refractivity contribution in [2.75, 3.05) is 5.73 Å². The predicted octanol–water partition coefficient (Wildman–Crippen LogP) is 1.25. The van der Waals surface area contributed by atoms with Crippen LogP contribution in [0.2, 0.25) is 0 Å². The highest BCUT2D eigenvalue weighted by Gasteiger charge is 2.14. The summed E-state index contributed by atoms with van der Waals surface area (Å²) in [4.78, 5) is 14.2. The SMILES string of the molecule is Nc1nc2cc(F)c(C(=O)O)cc2o1. The Morgan fingerprint density at radius 2 is 2.29 bits per heavy atom. The van der Waals surface area contributed by atoms with Gasteiger partial charge in [0.1, 0.15) is 11.3 Å². The first-order valence-electron chi connectivity index (χ1n) is 3.67. The van der Waals surface area contributed by atoms with Gasteiger partial charge in [-0.2, -0.15) is 4.98 Å². The molecule has 0 radical (unpaired) electrons. The van der Waals surface area contributed by atoms with Gasteiger partial charge in [-0.05, 0) is 0 Å². The first-order chi connectivity index (χ1) is 6.58. The number of rotatable bonds is 1. The monoisotopic (exact) mass is 196 g/mol. The maximum Gasteiger partial charge on any atom is 0.338 e. The van der Waals surface area contributed by atoms with E-state index in [1.807, 2.05) is 0 Å². The molecule has 6 heteroatoms. The molecule has 0 aliphatic carbocycles. The first kappa shape index (κ1) is 8.49. The average Bonchev–Trinajstić information content (AvgIpc) is 2.42. The number of halogens is 1. The van der Waals surface area contributed by atoms with Gasteiger partial charge in [0.2, 0.25) is 0 Å². The Hall–Kier alpha value is -2.11. The number of carboxylic acids is 1. The van der Waals surface area contributed by atoms with Gasteiger partial charge in [-0.15, -0.1) is 0 Å². The summed E-state index contributed by atoms with van der Waals surface area (Å²) in [5, 5.41) is 8.60. The normalized spacial score (nSPS) is 10.6. The molecule has 1 aromatic heterocycles. The Bertz CT molecular complexity index is 521. The number of carbonyl (C=O) groups is 1. The molecule has 0 bridgehead atoms. The molecule has 14 heavy (non-hydrogen) atoms. The minimum Gasteiger partial charge on any atom is -0.478 e. The van der Waals surface area contributed by atoms with E-state index in [1.54, 1.807) is 0 Å². The van der Waals surface area contributed by atoms with E-state index in [9.17, 15) is 9.18 Å². The number of nitrogen functional groups attached to an aromatic ring is 1. The molecule has 0 aliphatic heterocycles. The number of aromatic carboxylic acids is 1. The average molecular weight is 196 g/mol. The van der Waals surface area contributed by atoms with Crippen LogP contribution >= 0.6 is 0 Å². The van der Waals surface area contributed by atoms with E-state index in [0.717, 1.165) is 12.1 Å². The number of anilines is 1. The smallest absolute Gasteiger partial charge is 0.338 e. The summed E-state index contributed by atoms with van der Waals surface area (Å²) in [6.45, 7) is 0. The van der Waals surface area contributed by atoms with Crippen LogP contribution in [-0.2, 0) is 0 Å². The zero-order valence-corrected chi connectivity index (χ0v) is 6.82. The third-order valence-electron chi connectivity index (χ3n) is 1.72. The fourth-order valence-corrected chi connectivity index (χ4v) is 1.13. The van der Waals surface area contributed by atoms with Crippen molar-refractivity contribution >= 4 is 23.1 Å². The van der Waals surface area contributed by atoms with Gasteiger partial charge < -0.3 is 15.3 Å². The molecule has 0 atom stereocenters. The van der Waals surface area contributed by atoms with Gasteiger partial charge in [0, 0.05) is 12.1 Å². The summed E-state index contributed by atoms with van der Waals surface area (Å²) in [7, 11) is 0. The van der Waals surface area contributed by atoms with Crippen LogP contribution in [0.25, 0.3) is 11.1 Å². The molecule has 0 spiro atoms. The fraction of sp³-hybridized carbons (Fsp3) is 0. The Labute approximate surface area is 77.0 Å². The highest BCUT2D eigenvalue weighted by atomic mass is 19.1. The third-order valence-corrected chi connectivity index (χ3v) is 1.72. The summed E-state index contributed by atoms with van der Waals surface area (Å²) in [6, 6.07) is 1.90. The molecule has 0 saturated carbocycles. The molecule has 72 valence electrons. The highest BCUT2D eigenvalue weighted by molar-refractivity contribution is 5.92. The summed E-state index contributed by atoms with van der Waals surface area (Å²) in [5.41, 5.74) is 5.11. The maximum absolute atomic E-state index is 13.1. The van der Waals surface area contributed by atoms with Gasteiger partial charge in [-0.3, -0.25) is 0 Å². The van der Waals surface area contributed by atoms with E-state index in [-0.39, 0.29) is 17.1 Å². The molecule has 0 saturated heterocycles. The van der Waals surface area contributed by atoms with Gasteiger partial charge >= 0.3 is 5.97 Å². The molecule has 1 aromatic carbocycles. The number of benzene rings is 1. The number of hydrogen-bond donors (Lipinski definition) is 2. The van der Waals surface area contributed by atoms with E-state index in [2.05, 4.69) is 4.98 Å². The second-order valence-electron chi connectivity index (χ2n) is 2.66. The third kappa shape index (κ3) is 1.17. The van der Waals surface area contributed by atoms with Crippen molar-refractivity contribution < 1.29 is 18.7 Å². The van der Waals surface area contributed by atoms with Crippen LogP contribution in [0.3, 0.4) is 0 Å². The van der Waals surface area contributed by atoms with Crippen LogP contribution in [0.15, 0.2) is 16.5 Å². The molecule has 0 amide bonds. The lowest BCUT2D eigenvalue weighted by Gasteiger charge is -1.94. The predicted molar refractivity (Wildman–Crippen MR) is 45.3 cm³/mol. The Balaban J connectivity index is 2.76. The van der Waals surface area contributed by atoms with Crippen molar-refractivity contribution in [3.63, 3.8) is 0 Å². The van der Waals surface area contributed by atoms with Gasteiger partial charge in [0.05, 0.1) is 5.56 Å². The molecule has 2 rings (SSSR count). The molecule has 2 aromatic rings. The van der Waals surface area contributed by atoms with E-state index >= 15 is 0 Å². The number of nitrogens with zero attached hydrogens (tertiary/aromatic N) is 1. The zero-order chi connectivity index (χ0) is 10.3. The summed E-state index contributed by atoms with van der Waals surface area (Å²) < 4.78 is 17.9. The standard InChI is InChI=1S/C8H5FN2O3/c9-4-2-5-6(14-8(10)11-5)1-3(4)7(12)13/h1-2H,(H2,10,11)(H,12,13). The molecule has 5 nitrogen and oxygen atoms in total. The van der Waals surface area contributed by atoms with Crippen LogP contribution < -0.4 is 5.73 Å². The van der Waals surface area contributed by atoms with Gasteiger partial charge in [0.15, 0.2) is 5.58 Å². The van der Waals surface area contributed by atoms with Gasteiger partial charge in [0.25, 0.3) is 6.01 Å². The second kappa shape index (κ2) is 2.69. The van der Waals surface area contributed by atoms with Crippen molar-refractivity contribution in [1.29, 1.82) is 0 Å². The summed E-state index contributed by atoms with van der Waals surface area (Å²) in [6.07, 6.45) is 0. The minimum atomic E-state index is -1.36. The largest absolute Gasteiger partial charge is 0.478 e. The summed E-state index contributed by atoms with van der Waals surface area (Å²) >= 11 is 0. The van der Waals surface area contributed by atoms with Crippen LogP contribution in [0.1, 0.15) is 10.4 Å². The minimum absolute atomic E-state index is 0.123. The molecule has 0 unspecified atom stereocenters. The number of fused-ring (bicyclic) bond motifs is 1. The Morgan fingerprint density at radius 3 is 2.93 bits per heavy atom. The van der Waals surface area contributed by atoms with Crippen LogP contribution in [0.5, 0.6) is 0 Å². The number of hydrogen-bond acceptors (Lipinski definition) is 4. The van der Waals surface area contributed by atoms with Crippen molar-refractivity contribution in [3.05, 3.63) is 23.5 Å². The fourth-order valence-electron chi connectivity index (χ4n) is 1.13. The lowest BCUT2D eigenvalue weighted by Crippen LogP contribution is -1.99. The maximum atomic E-state index is 13.1. The molecular weight excluding hydrogens is 191 g/mol. The van der Waals surface area contributed by atoms with Crippen molar-refractivity contribution in [3.8, 4) is 0 Å². The lowest BCUT2D eigenvalue weighted by molar-refractivity contribution is 0.0692. The number of oxazole rings is 1. The van der Waals surface area contributed by atoms with Crippen molar-refractivity contribution in [2.45, 2.75) is 0 Å². The Morgan fingerprint density at radius 1 is 1.57 bits per heavy atom. The number of aromatic nitrogens is 1. The van der Waals surface area contributed by atoms with Gasteiger partial charge in [-0.25, -0.2) is 9.18 Å². The quantitative estimate of drug-likeness (QED) is 0.716. The van der Waals surface area contributed by atoms with E-state index in [0.29, 0.717) is 0 Å². The Kier molecular flexibility index (Phi) is 1.63. The second-order valence-corrected chi connectivity index (χ2v) is 2.66. The number of carboxylic acid groups (broad SMARTS) is 1. The highest BCUT2D eigenvalue weighted by Crippen LogP contribution is 2.20. The first-order valence-corrected chi connectivity index (χ1v) is 3.67. The van der Waals surface area contributed by atoms with Crippen LogP contribution in [0, 0.1) is 5.82 Å². The van der Waals surface area contributed by atoms with Crippen molar-refractivity contribution in [2.24, 2.45) is 0 Å². The topological polar surface area (TPSA) is 89.3 Å². The molecule has 0 aliphatic rings. The molecular formula is C8H5FN2O3. The number of nitrogens with two attached hydrogens (primary N) is 1. The molecule has 0 fully saturated rings. The van der Waals surface area contributed by atoms with E-state index in [1.165, 1.54) is 0 Å². The van der Waals surface area contributed by atoms with Gasteiger partial charge in [-0.1, -0.05) is 0 Å². The van der Waals surface area contributed by atoms with Crippen molar-refractivity contribution in [1.82, 2.24) is 4.98 Å². The van der Waals surface area contributed by atoms with Crippen LogP contribution in [-0.4, -0.2) is 16.1 Å². The zero-order valence-electron chi connectivity index (χ0n) is 6.82. The lowest BCUT2D eigenvalue weighted by atomic mass is 10.2. The molecule has 3 N–H and O–H groups in total. The van der Waals surface area contributed by atoms with E-state index < -0.39 is 17.3 Å². The van der Waals surface area contributed by atoms with E-state index in [4.69, 9.17) is 15.3 Å². The molecule has 1 heterocycles. The van der Waals surface area contributed by atoms with Crippen LogP contribution in [0.4, 0.5) is 10.4 Å².